The van der Waals surface area contributed by atoms with Crippen molar-refractivity contribution in [3.63, 3.8) is 0 Å². The van der Waals surface area contributed by atoms with Crippen LogP contribution in [0.1, 0.15) is 19.8 Å². The summed E-state index contributed by atoms with van der Waals surface area (Å²) < 4.78 is 0. The zero-order chi connectivity index (χ0) is 5.49. The van der Waals surface area contributed by atoms with Crippen molar-refractivity contribution in [2.24, 2.45) is 11.5 Å². The first kappa shape index (κ1) is 12.2. The van der Waals surface area contributed by atoms with E-state index in [-0.39, 0.29) is 30.4 Å². The van der Waals surface area contributed by atoms with Crippen molar-refractivity contribution in [2.75, 3.05) is 0 Å². The molecule has 0 saturated heterocycles. The van der Waals surface area contributed by atoms with Gasteiger partial charge in [0.15, 0.2) is 0 Å². The number of halogens is 2. The Bertz CT molecular complexity index is 77.0. The molecule has 0 aromatic carbocycles. The molecule has 1 aliphatic carbocycles. The maximum Gasteiger partial charge on any atom is 0.0155 e. The summed E-state index contributed by atoms with van der Waals surface area (Å²) in [6.07, 6.45) is 1.99. The smallest absolute Gasteiger partial charge is 0.0155 e. The first-order valence-corrected chi connectivity index (χ1v) is 2.65. The van der Waals surface area contributed by atoms with Gasteiger partial charge in [0.1, 0.15) is 0 Å². The van der Waals surface area contributed by atoms with Crippen LogP contribution < -0.4 is 11.5 Å². The fourth-order valence-corrected chi connectivity index (χ4v) is 1.14. The SMILES string of the molecule is CC1(N)CC(N)C1.Cl.Cl. The molecule has 9 heavy (non-hydrogen) atoms. The Balaban J connectivity index is 0. The molecule has 4 heteroatoms. The van der Waals surface area contributed by atoms with E-state index in [0.717, 1.165) is 12.8 Å². The van der Waals surface area contributed by atoms with E-state index in [9.17, 15) is 0 Å². The van der Waals surface area contributed by atoms with Crippen LogP contribution in [0.4, 0.5) is 0 Å². The van der Waals surface area contributed by atoms with Crippen LogP contribution in [0, 0.1) is 0 Å². The molecule has 1 saturated carbocycles. The van der Waals surface area contributed by atoms with Crippen LogP contribution >= 0.6 is 24.8 Å². The van der Waals surface area contributed by atoms with Crippen LogP contribution in [0.3, 0.4) is 0 Å². The predicted octanol–water partition coefficient (Wildman–Crippen LogP) is 0.669. The summed E-state index contributed by atoms with van der Waals surface area (Å²) in [5.41, 5.74) is 11.2. The van der Waals surface area contributed by atoms with Gasteiger partial charge in [-0.15, -0.1) is 24.8 Å². The van der Waals surface area contributed by atoms with Gasteiger partial charge >= 0.3 is 0 Å². The van der Waals surface area contributed by atoms with E-state index in [1.807, 2.05) is 6.92 Å². The van der Waals surface area contributed by atoms with E-state index in [1.165, 1.54) is 0 Å². The lowest BCUT2D eigenvalue weighted by Gasteiger charge is -2.39. The third-order valence-electron chi connectivity index (χ3n) is 1.46. The molecule has 0 unspecified atom stereocenters. The van der Waals surface area contributed by atoms with Crippen LogP contribution in [0.25, 0.3) is 0 Å². The molecule has 0 heterocycles. The molecule has 0 radical (unpaired) electrons. The third-order valence-corrected chi connectivity index (χ3v) is 1.46. The average Bonchev–Trinajstić information content (AvgIpc) is 1.27. The summed E-state index contributed by atoms with van der Waals surface area (Å²) in [4.78, 5) is 0. The minimum absolute atomic E-state index is 0. The van der Waals surface area contributed by atoms with Crippen LogP contribution in [-0.2, 0) is 0 Å². The molecule has 58 valence electrons. The van der Waals surface area contributed by atoms with Crippen molar-refractivity contribution in [1.29, 1.82) is 0 Å². The standard InChI is InChI=1S/C5H12N2.2ClH/c1-5(7)2-4(6)3-5;;/h4H,2-3,6-7H2,1H3;2*1H. The van der Waals surface area contributed by atoms with Gasteiger partial charge in [-0.2, -0.15) is 0 Å². The fraction of sp³-hybridized carbons (Fsp3) is 1.00. The summed E-state index contributed by atoms with van der Waals surface area (Å²) in [6, 6.07) is 0.384. The highest BCUT2D eigenvalue weighted by atomic mass is 35.5. The lowest BCUT2D eigenvalue weighted by Crippen LogP contribution is -2.55. The quantitative estimate of drug-likeness (QED) is 0.565. The first-order chi connectivity index (χ1) is 3.10. The van der Waals surface area contributed by atoms with E-state index in [4.69, 9.17) is 11.5 Å². The molecule has 1 fully saturated rings. The van der Waals surface area contributed by atoms with E-state index in [2.05, 4.69) is 0 Å². The van der Waals surface area contributed by atoms with E-state index in [0.29, 0.717) is 6.04 Å². The van der Waals surface area contributed by atoms with Crippen molar-refractivity contribution >= 4 is 24.8 Å². The number of hydrogen-bond donors (Lipinski definition) is 2. The zero-order valence-corrected chi connectivity index (χ0v) is 7.10. The molecule has 1 aliphatic rings. The second-order valence-electron chi connectivity index (χ2n) is 2.82. The lowest BCUT2D eigenvalue weighted by molar-refractivity contribution is 0.233. The molecule has 0 bridgehead atoms. The lowest BCUT2D eigenvalue weighted by atomic mass is 9.76. The number of hydrogen-bond acceptors (Lipinski definition) is 2. The molecule has 4 N–H and O–H groups in total. The Morgan fingerprint density at radius 3 is 1.67 bits per heavy atom. The Labute approximate surface area is 68.2 Å². The van der Waals surface area contributed by atoms with Gasteiger partial charge in [0, 0.05) is 11.6 Å². The summed E-state index contributed by atoms with van der Waals surface area (Å²) in [5.74, 6) is 0. The van der Waals surface area contributed by atoms with Crippen LogP contribution in [0.2, 0.25) is 0 Å². The zero-order valence-electron chi connectivity index (χ0n) is 5.46. The summed E-state index contributed by atoms with van der Waals surface area (Å²) >= 11 is 0. The Hall–Kier alpha value is 0.500. The van der Waals surface area contributed by atoms with Gasteiger partial charge in [-0.3, -0.25) is 0 Å². The molecule has 0 spiro atoms. The average molecular weight is 173 g/mol. The highest BCUT2D eigenvalue weighted by Gasteiger charge is 2.33. The third kappa shape index (κ3) is 3.26. The molecule has 0 atom stereocenters. The normalized spacial score (nSPS) is 39.7. The van der Waals surface area contributed by atoms with Gasteiger partial charge in [-0.25, -0.2) is 0 Å². The molecule has 0 aromatic rings. The Morgan fingerprint density at radius 1 is 1.33 bits per heavy atom. The van der Waals surface area contributed by atoms with Gasteiger partial charge in [0.2, 0.25) is 0 Å². The van der Waals surface area contributed by atoms with Crippen LogP contribution in [0.15, 0.2) is 0 Å². The molecular weight excluding hydrogens is 159 g/mol. The first-order valence-electron chi connectivity index (χ1n) is 2.65. The van der Waals surface area contributed by atoms with Crippen molar-refractivity contribution in [1.82, 2.24) is 0 Å². The van der Waals surface area contributed by atoms with Crippen molar-refractivity contribution in [2.45, 2.75) is 31.3 Å². The van der Waals surface area contributed by atoms with Crippen molar-refractivity contribution in [3.05, 3.63) is 0 Å². The minimum atomic E-state index is 0. The monoisotopic (exact) mass is 172 g/mol. The largest absolute Gasteiger partial charge is 0.328 e. The Kier molecular flexibility index (Phi) is 4.90. The number of rotatable bonds is 0. The topological polar surface area (TPSA) is 52.0 Å². The van der Waals surface area contributed by atoms with Gasteiger partial charge < -0.3 is 11.5 Å². The predicted molar refractivity (Wildman–Crippen MR) is 44.3 cm³/mol. The van der Waals surface area contributed by atoms with Gasteiger partial charge in [0.25, 0.3) is 0 Å². The molecule has 0 aliphatic heterocycles. The molecule has 1 rings (SSSR count). The van der Waals surface area contributed by atoms with E-state index >= 15 is 0 Å². The highest BCUT2D eigenvalue weighted by molar-refractivity contribution is 5.85. The van der Waals surface area contributed by atoms with E-state index < -0.39 is 0 Å². The maximum absolute atomic E-state index is 5.63. The second kappa shape index (κ2) is 3.62. The second-order valence-corrected chi connectivity index (χ2v) is 2.82. The van der Waals surface area contributed by atoms with Gasteiger partial charge in [-0.1, -0.05) is 0 Å². The van der Waals surface area contributed by atoms with Crippen molar-refractivity contribution < 1.29 is 0 Å². The van der Waals surface area contributed by atoms with Crippen LogP contribution in [0.5, 0.6) is 0 Å². The molecule has 2 nitrogen and oxygen atoms in total. The minimum Gasteiger partial charge on any atom is -0.328 e. The maximum atomic E-state index is 5.63. The van der Waals surface area contributed by atoms with Crippen LogP contribution in [-0.4, -0.2) is 11.6 Å². The summed E-state index contributed by atoms with van der Waals surface area (Å²) in [5, 5.41) is 0. The van der Waals surface area contributed by atoms with Gasteiger partial charge in [-0.05, 0) is 19.8 Å². The Morgan fingerprint density at radius 2 is 1.67 bits per heavy atom. The summed E-state index contributed by atoms with van der Waals surface area (Å²) in [7, 11) is 0. The van der Waals surface area contributed by atoms with E-state index in [1.54, 1.807) is 0 Å². The van der Waals surface area contributed by atoms with Gasteiger partial charge in [0.05, 0.1) is 0 Å². The fourth-order valence-electron chi connectivity index (χ4n) is 1.14. The van der Waals surface area contributed by atoms with Crippen molar-refractivity contribution in [3.8, 4) is 0 Å². The molecule has 0 aromatic heterocycles. The molecular formula is C5H14Cl2N2. The molecule has 0 amide bonds. The number of nitrogens with two attached hydrogens (primary N) is 2. The summed E-state index contributed by atoms with van der Waals surface area (Å²) in [6.45, 7) is 2.04. The highest BCUT2D eigenvalue weighted by Crippen LogP contribution is 2.26.